The van der Waals surface area contributed by atoms with Crippen molar-refractivity contribution in [1.82, 2.24) is 14.4 Å². The van der Waals surface area contributed by atoms with Gasteiger partial charge in [0.25, 0.3) is 0 Å². The normalized spacial score (nSPS) is 16.1. The van der Waals surface area contributed by atoms with Crippen molar-refractivity contribution in [2.24, 2.45) is 0 Å². The fraction of sp³-hybridized carbons (Fsp3) is 0.571. The zero-order chi connectivity index (χ0) is 13.2. The molecule has 5 heteroatoms. The molecule has 1 aliphatic rings. The Morgan fingerprint density at radius 2 is 2.21 bits per heavy atom. The summed E-state index contributed by atoms with van der Waals surface area (Å²) in [4.78, 5) is 11.5. The average Bonchev–Trinajstić information content (AvgIpc) is 3.08. The van der Waals surface area contributed by atoms with Crippen molar-refractivity contribution in [2.75, 3.05) is 23.8 Å². The molecule has 0 unspecified atom stereocenters. The molecule has 102 valence electrons. The zero-order valence-corrected chi connectivity index (χ0v) is 11.6. The van der Waals surface area contributed by atoms with Gasteiger partial charge in [-0.1, -0.05) is 12.8 Å². The van der Waals surface area contributed by atoms with Gasteiger partial charge in [-0.25, -0.2) is 9.97 Å². The minimum atomic E-state index is 0.602. The average molecular weight is 259 g/mol. The van der Waals surface area contributed by atoms with Gasteiger partial charge in [-0.05, 0) is 19.8 Å². The van der Waals surface area contributed by atoms with Crippen LogP contribution in [-0.2, 0) is 0 Å². The molecule has 0 atom stereocenters. The zero-order valence-electron chi connectivity index (χ0n) is 11.6. The standard InChI is InChI=1S/C14H21N5/c1-3-15-12-10-19-9-8-16-13(19)14(17-12)18(2)11-6-4-5-7-11/h8-11,15H,3-7H2,1-2H3. The summed E-state index contributed by atoms with van der Waals surface area (Å²) in [5, 5.41) is 3.29. The highest BCUT2D eigenvalue weighted by Gasteiger charge is 2.23. The molecule has 1 fully saturated rings. The third kappa shape index (κ3) is 2.25. The number of hydrogen-bond donors (Lipinski definition) is 1. The monoisotopic (exact) mass is 259 g/mol. The van der Waals surface area contributed by atoms with Crippen molar-refractivity contribution in [3.05, 3.63) is 18.6 Å². The van der Waals surface area contributed by atoms with Crippen LogP contribution in [0.2, 0.25) is 0 Å². The summed E-state index contributed by atoms with van der Waals surface area (Å²) in [6.07, 6.45) is 11.0. The smallest absolute Gasteiger partial charge is 0.180 e. The van der Waals surface area contributed by atoms with E-state index in [1.807, 2.05) is 23.0 Å². The Hall–Kier alpha value is -1.78. The summed E-state index contributed by atoms with van der Waals surface area (Å²) < 4.78 is 2.05. The summed E-state index contributed by atoms with van der Waals surface area (Å²) in [6.45, 7) is 2.96. The molecule has 19 heavy (non-hydrogen) atoms. The lowest BCUT2D eigenvalue weighted by molar-refractivity contribution is 0.647. The van der Waals surface area contributed by atoms with Gasteiger partial charge in [0, 0.05) is 32.0 Å². The summed E-state index contributed by atoms with van der Waals surface area (Å²) in [6, 6.07) is 0.602. The van der Waals surface area contributed by atoms with Crippen LogP contribution in [0.4, 0.5) is 11.6 Å². The lowest BCUT2D eigenvalue weighted by atomic mass is 10.2. The van der Waals surface area contributed by atoms with Crippen LogP contribution < -0.4 is 10.2 Å². The van der Waals surface area contributed by atoms with Crippen LogP contribution in [0.15, 0.2) is 18.6 Å². The lowest BCUT2D eigenvalue weighted by Gasteiger charge is -2.26. The first-order chi connectivity index (χ1) is 9.29. The van der Waals surface area contributed by atoms with Gasteiger partial charge >= 0.3 is 0 Å². The maximum absolute atomic E-state index is 4.74. The Kier molecular flexibility index (Phi) is 3.27. The predicted octanol–water partition coefficient (Wildman–Crippen LogP) is 2.54. The van der Waals surface area contributed by atoms with Crippen LogP contribution in [0.3, 0.4) is 0 Å². The first-order valence-corrected chi connectivity index (χ1v) is 7.10. The largest absolute Gasteiger partial charge is 0.369 e. The molecule has 1 N–H and O–H groups in total. The molecule has 0 amide bonds. The Balaban J connectivity index is 2.01. The van der Waals surface area contributed by atoms with Crippen molar-refractivity contribution in [1.29, 1.82) is 0 Å². The number of rotatable bonds is 4. The maximum atomic E-state index is 4.74. The number of nitrogens with one attached hydrogen (secondary N) is 1. The van der Waals surface area contributed by atoms with Gasteiger partial charge in [-0.15, -0.1) is 0 Å². The van der Waals surface area contributed by atoms with E-state index in [4.69, 9.17) is 4.98 Å². The minimum absolute atomic E-state index is 0.602. The van der Waals surface area contributed by atoms with E-state index < -0.39 is 0 Å². The van der Waals surface area contributed by atoms with Crippen molar-refractivity contribution in [2.45, 2.75) is 38.6 Å². The van der Waals surface area contributed by atoms with Gasteiger partial charge in [0.2, 0.25) is 0 Å². The number of fused-ring (bicyclic) bond motifs is 1. The Bertz CT molecular complexity index is 556. The van der Waals surface area contributed by atoms with Gasteiger partial charge in [-0.3, -0.25) is 0 Å². The fourth-order valence-electron chi connectivity index (χ4n) is 2.88. The SMILES string of the molecule is CCNc1cn2ccnc2c(N(C)C2CCCC2)n1. The van der Waals surface area contributed by atoms with Gasteiger partial charge in [-0.2, -0.15) is 0 Å². The fourth-order valence-corrected chi connectivity index (χ4v) is 2.88. The van der Waals surface area contributed by atoms with Gasteiger partial charge in [0.05, 0.1) is 6.20 Å². The summed E-state index contributed by atoms with van der Waals surface area (Å²) in [7, 11) is 2.14. The molecular formula is C14H21N5. The summed E-state index contributed by atoms with van der Waals surface area (Å²) >= 11 is 0. The van der Waals surface area contributed by atoms with Crippen LogP contribution in [0.5, 0.6) is 0 Å². The molecular weight excluding hydrogens is 238 g/mol. The Morgan fingerprint density at radius 1 is 1.42 bits per heavy atom. The second kappa shape index (κ2) is 5.07. The molecule has 1 aliphatic carbocycles. The van der Waals surface area contributed by atoms with Crippen LogP contribution in [0.25, 0.3) is 5.65 Å². The van der Waals surface area contributed by atoms with Crippen molar-refractivity contribution >= 4 is 17.3 Å². The number of imidazole rings is 1. The first-order valence-electron chi connectivity index (χ1n) is 7.10. The maximum Gasteiger partial charge on any atom is 0.180 e. The van der Waals surface area contributed by atoms with E-state index in [1.165, 1.54) is 25.7 Å². The van der Waals surface area contributed by atoms with E-state index in [9.17, 15) is 0 Å². The van der Waals surface area contributed by atoms with Crippen LogP contribution in [0.1, 0.15) is 32.6 Å². The number of nitrogens with zero attached hydrogens (tertiary/aromatic N) is 4. The number of aromatic nitrogens is 3. The quantitative estimate of drug-likeness (QED) is 0.916. The second-order valence-electron chi connectivity index (χ2n) is 5.19. The third-order valence-electron chi connectivity index (χ3n) is 3.92. The van der Waals surface area contributed by atoms with Crippen LogP contribution in [-0.4, -0.2) is 34.0 Å². The predicted molar refractivity (Wildman–Crippen MR) is 77.8 cm³/mol. The molecule has 0 aliphatic heterocycles. The second-order valence-corrected chi connectivity index (χ2v) is 5.19. The molecule has 2 heterocycles. The van der Waals surface area contributed by atoms with E-state index >= 15 is 0 Å². The van der Waals surface area contributed by atoms with Gasteiger partial charge in [0.1, 0.15) is 5.82 Å². The summed E-state index contributed by atoms with van der Waals surface area (Å²) in [5.74, 6) is 1.89. The molecule has 0 radical (unpaired) electrons. The Morgan fingerprint density at radius 3 is 2.95 bits per heavy atom. The van der Waals surface area contributed by atoms with E-state index in [-0.39, 0.29) is 0 Å². The summed E-state index contributed by atoms with van der Waals surface area (Å²) in [5.41, 5.74) is 0.941. The molecule has 5 nitrogen and oxygen atoms in total. The van der Waals surface area contributed by atoms with E-state index in [1.54, 1.807) is 0 Å². The van der Waals surface area contributed by atoms with Gasteiger partial charge < -0.3 is 14.6 Å². The number of hydrogen-bond acceptors (Lipinski definition) is 4. The van der Waals surface area contributed by atoms with E-state index in [0.29, 0.717) is 6.04 Å². The highest BCUT2D eigenvalue weighted by molar-refractivity contribution is 5.67. The van der Waals surface area contributed by atoms with Crippen molar-refractivity contribution in [3.63, 3.8) is 0 Å². The highest BCUT2D eigenvalue weighted by Crippen LogP contribution is 2.28. The number of anilines is 2. The van der Waals surface area contributed by atoms with E-state index in [2.05, 4.69) is 29.2 Å². The third-order valence-corrected chi connectivity index (χ3v) is 3.92. The minimum Gasteiger partial charge on any atom is -0.369 e. The molecule has 0 saturated heterocycles. The molecule has 0 bridgehead atoms. The molecule has 0 spiro atoms. The molecule has 2 aromatic heterocycles. The lowest BCUT2D eigenvalue weighted by Crippen LogP contribution is -2.30. The van der Waals surface area contributed by atoms with Crippen molar-refractivity contribution in [3.8, 4) is 0 Å². The van der Waals surface area contributed by atoms with Crippen LogP contribution in [0, 0.1) is 0 Å². The molecule has 0 aromatic carbocycles. The first kappa shape index (κ1) is 12.3. The van der Waals surface area contributed by atoms with Crippen LogP contribution >= 0.6 is 0 Å². The Labute approximate surface area is 113 Å². The highest BCUT2D eigenvalue weighted by atomic mass is 15.2. The molecule has 1 saturated carbocycles. The van der Waals surface area contributed by atoms with Gasteiger partial charge in [0.15, 0.2) is 11.5 Å². The molecule has 2 aromatic rings. The van der Waals surface area contributed by atoms with E-state index in [0.717, 1.165) is 23.8 Å². The topological polar surface area (TPSA) is 45.5 Å². The molecule has 3 rings (SSSR count). The van der Waals surface area contributed by atoms with Crippen molar-refractivity contribution < 1.29 is 0 Å².